The van der Waals surface area contributed by atoms with Gasteiger partial charge in [-0.25, -0.2) is 0 Å². The van der Waals surface area contributed by atoms with Gasteiger partial charge in [0.15, 0.2) is 5.43 Å². The van der Waals surface area contributed by atoms with Crippen LogP contribution in [-0.2, 0) is 16.1 Å². The Kier molecular flexibility index (Phi) is 4.69. The molecule has 1 amide bonds. The third-order valence-corrected chi connectivity index (χ3v) is 4.49. The number of benzene rings is 1. The predicted molar refractivity (Wildman–Crippen MR) is 90.9 cm³/mol. The number of amides is 1. The number of aromatic nitrogens is 1. The molecule has 1 aromatic carbocycles. The average molecular weight is 330 g/mol. The molecule has 1 aliphatic heterocycles. The second-order valence-electron chi connectivity index (χ2n) is 6.11. The zero-order chi connectivity index (χ0) is 17.3. The lowest BCUT2D eigenvalue weighted by Gasteiger charge is -2.19. The smallest absolute Gasteiger partial charge is 0.242 e. The molecule has 6 nitrogen and oxygen atoms in total. The number of rotatable bonds is 4. The van der Waals surface area contributed by atoms with Crippen molar-refractivity contribution in [1.29, 1.82) is 0 Å². The number of likely N-dealkylation sites (tertiary alicyclic amines) is 1. The first-order valence-corrected chi connectivity index (χ1v) is 8.18. The first kappa shape index (κ1) is 16.7. The fourth-order valence-electron chi connectivity index (χ4n) is 3.24. The summed E-state index contributed by atoms with van der Waals surface area (Å²) in [5.41, 5.74) is 1.45. The molecule has 2 aromatic rings. The Hall–Kier alpha value is -2.18. The molecular weight excluding hydrogens is 308 g/mol. The lowest BCUT2D eigenvalue weighted by atomic mass is 10.2. The number of pyridine rings is 1. The Labute approximate surface area is 140 Å². The van der Waals surface area contributed by atoms with Crippen LogP contribution in [0.4, 0.5) is 0 Å². The number of hydrogen-bond acceptors (Lipinski definition) is 4. The minimum absolute atomic E-state index is 0.0418. The average Bonchev–Trinajstić information content (AvgIpc) is 2.93. The van der Waals surface area contributed by atoms with Gasteiger partial charge < -0.3 is 19.3 Å². The van der Waals surface area contributed by atoms with Crippen LogP contribution in [0.1, 0.15) is 12.6 Å². The van der Waals surface area contributed by atoms with E-state index in [1.165, 1.54) is 0 Å². The molecule has 0 unspecified atom stereocenters. The van der Waals surface area contributed by atoms with Crippen LogP contribution in [0.2, 0.25) is 0 Å². The predicted octanol–water partition coefficient (Wildman–Crippen LogP) is 0.918. The molecule has 0 radical (unpaired) electrons. The van der Waals surface area contributed by atoms with Gasteiger partial charge in [0.1, 0.15) is 12.6 Å². The number of carbonyl (C=O) groups excluding carboxylic acids is 1. The Morgan fingerprint density at radius 3 is 2.83 bits per heavy atom. The summed E-state index contributed by atoms with van der Waals surface area (Å²) in [6.45, 7) is 5.01. The number of para-hydroxylation sites is 1. The third kappa shape index (κ3) is 3.07. The number of aliphatic hydroxyl groups excluding tert-OH is 1. The van der Waals surface area contributed by atoms with E-state index in [0.29, 0.717) is 18.5 Å². The topological polar surface area (TPSA) is 71.8 Å². The van der Waals surface area contributed by atoms with Crippen LogP contribution in [0.3, 0.4) is 0 Å². The van der Waals surface area contributed by atoms with Gasteiger partial charge in [-0.2, -0.15) is 0 Å². The van der Waals surface area contributed by atoms with Gasteiger partial charge in [-0.15, -0.1) is 0 Å². The second-order valence-corrected chi connectivity index (χ2v) is 6.11. The number of ether oxygens (including phenoxy) is 1. The Balaban J connectivity index is 1.86. The highest BCUT2D eigenvalue weighted by Gasteiger charge is 2.34. The Morgan fingerprint density at radius 2 is 2.08 bits per heavy atom. The maximum atomic E-state index is 12.7. The maximum absolute atomic E-state index is 12.7. The van der Waals surface area contributed by atoms with Crippen molar-refractivity contribution in [2.24, 2.45) is 0 Å². The van der Waals surface area contributed by atoms with Gasteiger partial charge >= 0.3 is 0 Å². The van der Waals surface area contributed by atoms with Crippen LogP contribution in [0.25, 0.3) is 10.9 Å². The molecule has 0 saturated carbocycles. The molecule has 0 bridgehead atoms. The lowest BCUT2D eigenvalue weighted by Crippen LogP contribution is -2.34. The number of β-amino-alcohol motifs (C(OH)–C–C–N with tert-alkyl or cyclic N) is 1. The highest BCUT2D eigenvalue weighted by molar-refractivity contribution is 5.83. The summed E-state index contributed by atoms with van der Waals surface area (Å²) in [6, 6.07) is 8.83. The van der Waals surface area contributed by atoms with E-state index in [4.69, 9.17) is 4.74 Å². The van der Waals surface area contributed by atoms with Gasteiger partial charge in [0, 0.05) is 36.8 Å². The summed E-state index contributed by atoms with van der Waals surface area (Å²) >= 11 is 0. The first-order valence-electron chi connectivity index (χ1n) is 8.18. The quantitative estimate of drug-likeness (QED) is 0.905. The van der Waals surface area contributed by atoms with Crippen molar-refractivity contribution in [3.05, 3.63) is 46.2 Å². The van der Waals surface area contributed by atoms with Crippen molar-refractivity contribution >= 4 is 16.8 Å². The summed E-state index contributed by atoms with van der Waals surface area (Å²) in [6.07, 6.45) is -0.980. The molecule has 24 heavy (non-hydrogen) atoms. The van der Waals surface area contributed by atoms with Gasteiger partial charge in [0.25, 0.3) is 0 Å². The van der Waals surface area contributed by atoms with Crippen molar-refractivity contribution in [2.75, 3.05) is 19.7 Å². The zero-order valence-electron chi connectivity index (χ0n) is 13.9. The Morgan fingerprint density at radius 1 is 1.33 bits per heavy atom. The SMILES string of the molecule is CCO[C@H]1CN(C(=O)Cn2c(C)cc(=O)c3ccccc32)C[C@@H]1O. The molecule has 128 valence electrons. The van der Waals surface area contributed by atoms with Gasteiger partial charge in [-0.3, -0.25) is 9.59 Å². The molecule has 1 fully saturated rings. The van der Waals surface area contributed by atoms with Crippen molar-refractivity contribution in [3.63, 3.8) is 0 Å². The van der Waals surface area contributed by atoms with Gasteiger partial charge in [-0.05, 0) is 26.0 Å². The highest BCUT2D eigenvalue weighted by Crippen LogP contribution is 2.17. The van der Waals surface area contributed by atoms with Gasteiger partial charge in [-0.1, -0.05) is 12.1 Å². The number of nitrogens with zero attached hydrogens (tertiary/aromatic N) is 2. The van der Waals surface area contributed by atoms with Gasteiger partial charge in [0.05, 0.1) is 11.6 Å². The maximum Gasteiger partial charge on any atom is 0.242 e. The van der Waals surface area contributed by atoms with Crippen molar-refractivity contribution in [3.8, 4) is 0 Å². The van der Waals surface area contributed by atoms with Crippen LogP contribution in [0.5, 0.6) is 0 Å². The Bertz CT molecular complexity index is 814. The van der Waals surface area contributed by atoms with E-state index in [-0.39, 0.29) is 30.5 Å². The van der Waals surface area contributed by atoms with Gasteiger partial charge in [0.2, 0.25) is 5.91 Å². The number of fused-ring (bicyclic) bond motifs is 1. The molecular formula is C18H22N2O4. The number of carbonyl (C=O) groups is 1. The second kappa shape index (κ2) is 6.75. The summed E-state index contributed by atoms with van der Waals surface area (Å²) in [5.74, 6) is -0.0897. The molecule has 1 N–H and O–H groups in total. The molecule has 2 atom stereocenters. The monoisotopic (exact) mass is 330 g/mol. The van der Waals surface area contributed by atoms with Crippen LogP contribution < -0.4 is 5.43 Å². The van der Waals surface area contributed by atoms with E-state index < -0.39 is 6.10 Å². The van der Waals surface area contributed by atoms with Crippen LogP contribution in [0, 0.1) is 6.92 Å². The van der Waals surface area contributed by atoms with Crippen molar-refractivity contribution in [1.82, 2.24) is 9.47 Å². The molecule has 1 aromatic heterocycles. The number of hydrogen-bond donors (Lipinski definition) is 1. The molecule has 0 aliphatic carbocycles. The lowest BCUT2D eigenvalue weighted by molar-refractivity contribution is -0.131. The highest BCUT2D eigenvalue weighted by atomic mass is 16.5. The van der Waals surface area contributed by atoms with E-state index in [9.17, 15) is 14.7 Å². The van der Waals surface area contributed by atoms with E-state index in [1.807, 2.05) is 36.6 Å². The van der Waals surface area contributed by atoms with E-state index in [1.54, 1.807) is 17.0 Å². The summed E-state index contributed by atoms with van der Waals surface area (Å²) in [7, 11) is 0. The van der Waals surface area contributed by atoms with E-state index >= 15 is 0 Å². The summed E-state index contributed by atoms with van der Waals surface area (Å²) in [5, 5.41) is 10.6. The minimum atomic E-state index is -0.652. The van der Waals surface area contributed by atoms with E-state index in [0.717, 1.165) is 11.2 Å². The minimum Gasteiger partial charge on any atom is -0.388 e. The zero-order valence-corrected chi connectivity index (χ0v) is 13.9. The molecule has 3 rings (SSSR count). The number of aryl methyl sites for hydroxylation is 1. The summed E-state index contributed by atoms with van der Waals surface area (Å²) < 4.78 is 7.31. The van der Waals surface area contributed by atoms with E-state index in [2.05, 4.69) is 0 Å². The molecule has 1 aliphatic rings. The number of aliphatic hydroxyl groups is 1. The molecule has 2 heterocycles. The molecule has 0 spiro atoms. The van der Waals surface area contributed by atoms with Crippen LogP contribution in [-0.4, -0.2) is 52.4 Å². The largest absolute Gasteiger partial charge is 0.388 e. The molecule has 1 saturated heterocycles. The van der Waals surface area contributed by atoms with Crippen molar-refractivity contribution in [2.45, 2.75) is 32.6 Å². The van der Waals surface area contributed by atoms with Crippen LogP contribution >= 0.6 is 0 Å². The normalized spacial score (nSPS) is 20.7. The standard InChI is InChI=1S/C18H22N2O4/c1-3-24-17-10-19(9-16(17)22)18(23)11-20-12(2)8-15(21)13-6-4-5-7-14(13)20/h4-8,16-17,22H,3,9-11H2,1-2H3/t16-,17-/m0/s1. The van der Waals surface area contributed by atoms with Crippen molar-refractivity contribution < 1.29 is 14.6 Å². The molecule has 6 heteroatoms. The fraction of sp³-hybridized carbons (Fsp3) is 0.444. The third-order valence-electron chi connectivity index (χ3n) is 4.49. The first-order chi connectivity index (χ1) is 11.5. The summed E-state index contributed by atoms with van der Waals surface area (Å²) in [4.78, 5) is 26.4. The fourth-order valence-corrected chi connectivity index (χ4v) is 3.24. The van der Waals surface area contributed by atoms with Crippen LogP contribution in [0.15, 0.2) is 35.1 Å².